The monoisotopic (exact) mass is 280 g/mol. The molecule has 1 aromatic carbocycles. The second kappa shape index (κ2) is 5.97. The van der Waals surface area contributed by atoms with Crippen LogP contribution in [0.25, 0.3) is 11.5 Å². The van der Waals surface area contributed by atoms with Gasteiger partial charge in [-0.2, -0.15) is 16.7 Å². The predicted octanol–water partition coefficient (Wildman–Crippen LogP) is 3.09. The summed E-state index contributed by atoms with van der Waals surface area (Å²) in [5.41, 5.74) is 0.673. The standard InChI is InChI=1S/C13H16N2O3S/c1-8(2)19-7-12-14-13(18-15-12)9-4-5-11(17-3)10(16)6-9/h4-6,8,16H,7H2,1-3H3. The van der Waals surface area contributed by atoms with Crippen molar-refractivity contribution in [3.8, 4) is 23.0 Å². The zero-order valence-corrected chi connectivity index (χ0v) is 11.9. The molecule has 0 unspecified atom stereocenters. The van der Waals surface area contributed by atoms with Crippen LogP contribution in [0.5, 0.6) is 11.5 Å². The lowest BCUT2D eigenvalue weighted by molar-refractivity contribution is 0.373. The van der Waals surface area contributed by atoms with Gasteiger partial charge in [0.05, 0.1) is 12.9 Å². The summed E-state index contributed by atoms with van der Waals surface area (Å²) in [7, 11) is 1.50. The van der Waals surface area contributed by atoms with Crippen LogP contribution in [0.1, 0.15) is 19.7 Å². The first kappa shape index (κ1) is 13.7. The summed E-state index contributed by atoms with van der Waals surface area (Å²) in [5.74, 6) is 2.24. The molecule has 0 aliphatic heterocycles. The van der Waals surface area contributed by atoms with Crippen molar-refractivity contribution >= 4 is 11.8 Å². The SMILES string of the molecule is COc1ccc(-c2nc(CSC(C)C)no2)cc1O. The lowest BCUT2D eigenvalue weighted by Gasteiger charge is -2.03. The van der Waals surface area contributed by atoms with Gasteiger partial charge in [-0.1, -0.05) is 19.0 Å². The number of benzene rings is 1. The van der Waals surface area contributed by atoms with E-state index in [-0.39, 0.29) is 5.75 Å². The summed E-state index contributed by atoms with van der Waals surface area (Å²) in [6.45, 7) is 4.24. The maximum Gasteiger partial charge on any atom is 0.258 e. The number of aromatic nitrogens is 2. The van der Waals surface area contributed by atoms with E-state index in [9.17, 15) is 5.11 Å². The van der Waals surface area contributed by atoms with E-state index >= 15 is 0 Å². The maximum atomic E-state index is 9.72. The number of phenolic OH excluding ortho intramolecular Hbond substituents is 1. The summed E-state index contributed by atoms with van der Waals surface area (Å²) in [5, 5.41) is 14.2. The maximum absolute atomic E-state index is 9.72. The van der Waals surface area contributed by atoms with Crippen molar-refractivity contribution in [3.63, 3.8) is 0 Å². The third-order valence-electron chi connectivity index (χ3n) is 2.44. The molecule has 0 aliphatic rings. The van der Waals surface area contributed by atoms with Crippen LogP contribution >= 0.6 is 11.8 Å². The largest absolute Gasteiger partial charge is 0.504 e. The zero-order chi connectivity index (χ0) is 13.8. The van der Waals surface area contributed by atoms with Crippen LogP contribution < -0.4 is 4.74 Å². The summed E-state index contributed by atoms with van der Waals surface area (Å²) >= 11 is 1.75. The molecule has 0 atom stereocenters. The Bertz CT molecular complexity index is 555. The Kier molecular flexibility index (Phi) is 4.31. The summed E-state index contributed by atoms with van der Waals surface area (Å²) in [6.07, 6.45) is 0. The normalized spacial score (nSPS) is 10.9. The topological polar surface area (TPSA) is 68.4 Å². The van der Waals surface area contributed by atoms with Crippen molar-refractivity contribution in [2.45, 2.75) is 24.9 Å². The fourth-order valence-electron chi connectivity index (χ4n) is 1.49. The van der Waals surface area contributed by atoms with Gasteiger partial charge in [-0.05, 0) is 23.4 Å². The lowest BCUT2D eigenvalue weighted by Crippen LogP contribution is -1.90. The van der Waals surface area contributed by atoms with Crippen LogP contribution in [0.15, 0.2) is 22.7 Å². The zero-order valence-electron chi connectivity index (χ0n) is 11.1. The minimum Gasteiger partial charge on any atom is -0.504 e. The molecule has 5 nitrogen and oxygen atoms in total. The van der Waals surface area contributed by atoms with Crippen molar-refractivity contribution in [1.82, 2.24) is 10.1 Å². The molecule has 0 fully saturated rings. The molecule has 1 aromatic heterocycles. The van der Waals surface area contributed by atoms with Crippen molar-refractivity contribution in [1.29, 1.82) is 0 Å². The number of ether oxygens (including phenoxy) is 1. The van der Waals surface area contributed by atoms with Crippen LogP contribution in [0.3, 0.4) is 0 Å². The molecule has 0 saturated heterocycles. The van der Waals surface area contributed by atoms with Gasteiger partial charge in [0.15, 0.2) is 17.3 Å². The van der Waals surface area contributed by atoms with Crippen LogP contribution in [-0.2, 0) is 5.75 Å². The molecule has 0 aliphatic carbocycles. The molecular weight excluding hydrogens is 264 g/mol. The average molecular weight is 280 g/mol. The van der Waals surface area contributed by atoms with Gasteiger partial charge < -0.3 is 14.4 Å². The Morgan fingerprint density at radius 3 is 2.84 bits per heavy atom. The number of phenols is 1. The van der Waals surface area contributed by atoms with E-state index in [4.69, 9.17) is 9.26 Å². The number of methoxy groups -OCH3 is 1. The number of nitrogens with zero attached hydrogens (tertiary/aromatic N) is 2. The molecule has 0 radical (unpaired) electrons. The van der Waals surface area contributed by atoms with Gasteiger partial charge in [0.1, 0.15) is 0 Å². The van der Waals surface area contributed by atoms with Crippen LogP contribution in [0.4, 0.5) is 0 Å². The van der Waals surface area contributed by atoms with Gasteiger partial charge in [-0.15, -0.1) is 0 Å². The van der Waals surface area contributed by atoms with Gasteiger partial charge in [-0.3, -0.25) is 0 Å². The number of hydrogen-bond acceptors (Lipinski definition) is 6. The van der Waals surface area contributed by atoms with E-state index in [0.717, 1.165) is 0 Å². The minimum absolute atomic E-state index is 0.0521. The van der Waals surface area contributed by atoms with Crippen molar-refractivity contribution in [2.75, 3.05) is 7.11 Å². The molecule has 1 heterocycles. The van der Waals surface area contributed by atoms with Crippen molar-refractivity contribution < 1.29 is 14.4 Å². The highest BCUT2D eigenvalue weighted by Gasteiger charge is 2.11. The van der Waals surface area contributed by atoms with Crippen LogP contribution in [0, 0.1) is 0 Å². The van der Waals surface area contributed by atoms with E-state index in [1.54, 1.807) is 30.0 Å². The van der Waals surface area contributed by atoms with Gasteiger partial charge in [0, 0.05) is 5.56 Å². The molecule has 2 aromatic rings. The Labute approximate surface area is 116 Å². The van der Waals surface area contributed by atoms with Crippen molar-refractivity contribution in [2.24, 2.45) is 0 Å². The van der Waals surface area contributed by atoms with E-state index in [1.165, 1.54) is 7.11 Å². The lowest BCUT2D eigenvalue weighted by atomic mass is 10.2. The van der Waals surface area contributed by atoms with Gasteiger partial charge in [0.25, 0.3) is 5.89 Å². The summed E-state index contributed by atoms with van der Waals surface area (Å²) in [6, 6.07) is 4.98. The number of thioether (sulfide) groups is 1. The average Bonchev–Trinajstić information content (AvgIpc) is 2.85. The number of hydrogen-bond donors (Lipinski definition) is 1. The second-order valence-electron chi connectivity index (χ2n) is 4.26. The summed E-state index contributed by atoms with van der Waals surface area (Å²) < 4.78 is 10.2. The number of aromatic hydroxyl groups is 1. The quantitative estimate of drug-likeness (QED) is 0.907. The summed E-state index contributed by atoms with van der Waals surface area (Å²) in [4.78, 5) is 4.30. The van der Waals surface area contributed by atoms with E-state index in [1.807, 2.05) is 0 Å². The Morgan fingerprint density at radius 2 is 2.21 bits per heavy atom. The third-order valence-corrected chi connectivity index (χ3v) is 3.53. The van der Waals surface area contributed by atoms with Crippen LogP contribution in [-0.4, -0.2) is 27.6 Å². The van der Waals surface area contributed by atoms with E-state index in [2.05, 4.69) is 24.0 Å². The molecule has 19 heavy (non-hydrogen) atoms. The Balaban J connectivity index is 2.16. The molecule has 1 N–H and O–H groups in total. The van der Waals surface area contributed by atoms with E-state index in [0.29, 0.717) is 34.0 Å². The first-order valence-corrected chi connectivity index (χ1v) is 6.96. The fraction of sp³-hybridized carbons (Fsp3) is 0.385. The second-order valence-corrected chi connectivity index (χ2v) is 5.83. The first-order chi connectivity index (χ1) is 9.10. The molecule has 2 rings (SSSR count). The fourth-order valence-corrected chi connectivity index (χ4v) is 2.09. The van der Waals surface area contributed by atoms with Gasteiger partial charge in [-0.25, -0.2) is 0 Å². The first-order valence-electron chi connectivity index (χ1n) is 5.91. The minimum atomic E-state index is 0.0521. The smallest absolute Gasteiger partial charge is 0.258 e. The molecule has 102 valence electrons. The molecule has 0 amide bonds. The highest BCUT2D eigenvalue weighted by molar-refractivity contribution is 7.99. The van der Waals surface area contributed by atoms with E-state index < -0.39 is 0 Å². The molecule has 0 spiro atoms. The number of rotatable bonds is 5. The predicted molar refractivity (Wildman–Crippen MR) is 74.4 cm³/mol. The molecular formula is C13H16N2O3S. The van der Waals surface area contributed by atoms with Gasteiger partial charge in [0.2, 0.25) is 0 Å². The Hall–Kier alpha value is -1.69. The van der Waals surface area contributed by atoms with Crippen molar-refractivity contribution in [3.05, 3.63) is 24.0 Å². The van der Waals surface area contributed by atoms with Crippen LogP contribution in [0.2, 0.25) is 0 Å². The van der Waals surface area contributed by atoms with Gasteiger partial charge >= 0.3 is 0 Å². The highest BCUT2D eigenvalue weighted by Crippen LogP contribution is 2.30. The molecule has 6 heteroatoms. The molecule has 0 saturated carbocycles. The third kappa shape index (κ3) is 3.41. The molecule has 0 bridgehead atoms. The highest BCUT2D eigenvalue weighted by atomic mass is 32.2. The Morgan fingerprint density at radius 1 is 1.42 bits per heavy atom.